The Morgan fingerprint density at radius 1 is 0.680 bits per heavy atom. The van der Waals surface area contributed by atoms with Crippen LogP contribution >= 0.6 is 0 Å². The van der Waals surface area contributed by atoms with Crippen LogP contribution in [0.25, 0.3) is 21.9 Å². The second kappa shape index (κ2) is 5.67. The van der Waals surface area contributed by atoms with Gasteiger partial charge in [-0.3, -0.25) is 4.98 Å². The number of nitrogens with zero attached hydrogens (tertiary/aromatic N) is 1. The average Bonchev–Trinajstić information content (AvgIpc) is 2.69. The average molecular weight is 321 g/mol. The third kappa shape index (κ3) is 2.43. The Hall–Kier alpha value is -3.27. The lowest BCUT2D eigenvalue weighted by atomic mass is 9.66. The fourth-order valence-electron chi connectivity index (χ4n) is 3.50. The molecule has 0 radical (unpaired) electrons. The number of benzene rings is 3. The summed E-state index contributed by atoms with van der Waals surface area (Å²) in [7, 11) is 0. The molecular formula is C21H16BN3. The van der Waals surface area contributed by atoms with Gasteiger partial charge in [-0.1, -0.05) is 54.6 Å². The summed E-state index contributed by atoms with van der Waals surface area (Å²) in [5, 5.41) is 9.73. The monoisotopic (exact) mass is 321 g/mol. The highest BCUT2D eigenvalue weighted by molar-refractivity contribution is 6.80. The standard InChI is InChI=1S/C21H16BN3/c1-4-16-5-2-8-20-21(16)19(7-1)24-22(25-20)18-11-9-15(10-12-18)17-6-3-13-23-14-17/h1-14,24-25H. The van der Waals surface area contributed by atoms with Crippen LogP contribution in [-0.4, -0.2) is 12.0 Å². The molecule has 0 spiro atoms. The lowest BCUT2D eigenvalue weighted by Crippen LogP contribution is -2.47. The lowest BCUT2D eigenvalue weighted by Gasteiger charge is -2.26. The van der Waals surface area contributed by atoms with Crippen molar-refractivity contribution < 1.29 is 0 Å². The molecule has 5 rings (SSSR count). The predicted octanol–water partition coefficient (Wildman–Crippen LogP) is 4.13. The Balaban J connectivity index is 1.49. The van der Waals surface area contributed by atoms with Gasteiger partial charge >= 0.3 is 6.98 Å². The SMILES string of the molecule is c1cncc(-c2ccc(B3Nc4cccc5cccc(c45)N3)cc2)c1. The van der Waals surface area contributed by atoms with E-state index in [1.807, 2.05) is 12.3 Å². The molecule has 1 aliphatic rings. The maximum Gasteiger partial charge on any atom is 0.406 e. The van der Waals surface area contributed by atoms with Crippen molar-refractivity contribution in [2.24, 2.45) is 0 Å². The molecule has 4 heteroatoms. The molecule has 3 aromatic carbocycles. The van der Waals surface area contributed by atoms with Gasteiger partial charge in [0.2, 0.25) is 0 Å². The van der Waals surface area contributed by atoms with Gasteiger partial charge in [-0.05, 0) is 40.2 Å². The van der Waals surface area contributed by atoms with Crippen LogP contribution < -0.4 is 15.9 Å². The number of rotatable bonds is 2. The summed E-state index contributed by atoms with van der Waals surface area (Å²) >= 11 is 0. The van der Waals surface area contributed by atoms with Crippen molar-refractivity contribution in [3.63, 3.8) is 0 Å². The summed E-state index contributed by atoms with van der Waals surface area (Å²) in [5.74, 6) is 0. The summed E-state index contributed by atoms with van der Waals surface area (Å²) in [6.07, 6.45) is 3.69. The maximum atomic E-state index is 4.20. The van der Waals surface area contributed by atoms with Crippen molar-refractivity contribution in [1.82, 2.24) is 4.98 Å². The quantitative estimate of drug-likeness (QED) is 0.545. The van der Waals surface area contributed by atoms with E-state index in [1.54, 1.807) is 6.20 Å². The van der Waals surface area contributed by atoms with Crippen LogP contribution in [0.2, 0.25) is 0 Å². The van der Waals surface area contributed by atoms with E-state index in [0.717, 1.165) is 5.56 Å². The smallest absolute Gasteiger partial charge is 0.405 e. The normalized spacial score (nSPS) is 12.6. The Labute approximate surface area is 146 Å². The molecule has 25 heavy (non-hydrogen) atoms. The molecule has 0 atom stereocenters. The molecule has 0 aliphatic carbocycles. The van der Waals surface area contributed by atoms with Gasteiger partial charge in [0.1, 0.15) is 0 Å². The fraction of sp³-hybridized carbons (Fsp3) is 0. The number of pyridine rings is 1. The van der Waals surface area contributed by atoms with Crippen LogP contribution in [-0.2, 0) is 0 Å². The van der Waals surface area contributed by atoms with Crippen molar-refractivity contribution in [3.05, 3.63) is 85.2 Å². The van der Waals surface area contributed by atoms with Gasteiger partial charge in [0, 0.05) is 29.2 Å². The first kappa shape index (κ1) is 14.1. The number of anilines is 2. The summed E-state index contributed by atoms with van der Waals surface area (Å²) in [5.41, 5.74) is 5.87. The van der Waals surface area contributed by atoms with E-state index in [4.69, 9.17) is 0 Å². The van der Waals surface area contributed by atoms with Crippen molar-refractivity contribution in [2.75, 3.05) is 10.5 Å². The zero-order valence-electron chi connectivity index (χ0n) is 13.6. The van der Waals surface area contributed by atoms with E-state index in [0.29, 0.717) is 0 Å². The maximum absolute atomic E-state index is 4.20. The van der Waals surface area contributed by atoms with Crippen molar-refractivity contribution in [2.45, 2.75) is 0 Å². The summed E-state index contributed by atoms with van der Waals surface area (Å²) in [4.78, 5) is 4.20. The van der Waals surface area contributed by atoms with Crippen LogP contribution in [0.4, 0.5) is 11.4 Å². The highest BCUT2D eigenvalue weighted by atomic mass is 15.0. The lowest BCUT2D eigenvalue weighted by molar-refractivity contribution is 1.33. The minimum Gasteiger partial charge on any atom is -0.405 e. The molecule has 118 valence electrons. The molecule has 1 aliphatic heterocycles. The first-order valence-corrected chi connectivity index (χ1v) is 8.44. The molecule has 1 aromatic heterocycles. The Morgan fingerprint density at radius 2 is 1.40 bits per heavy atom. The third-order valence-corrected chi connectivity index (χ3v) is 4.74. The minimum absolute atomic E-state index is 0.0587. The van der Waals surface area contributed by atoms with Gasteiger partial charge < -0.3 is 10.5 Å². The number of hydrogen-bond donors (Lipinski definition) is 2. The van der Waals surface area contributed by atoms with Crippen LogP contribution in [0.3, 0.4) is 0 Å². The zero-order valence-corrected chi connectivity index (χ0v) is 13.6. The second-order valence-electron chi connectivity index (χ2n) is 6.29. The van der Waals surface area contributed by atoms with Crippen molar-refractivity contribution in [1.29, 1.82) is 0 Å². The minimum atomic E-state index is 0.0587. The molecule has 3 nitrogen and oxygen atoms in total. The van der Waals surface area contributed by atoms with Gasteiger partial charge in [-0.25, -0.2) is 0 Å². The van der Waals surface area contributed by atoms with Gasteiger partial charge in [-0.15, -0.1) is 0 Å². The van der Waals surface area contributed by atoms with E-state index < -0.39 is 0 Å². The molecule has 0 fully saturated rings. The third-order valence-electron chi connectivity index (χ3n) is 4.74. The van der Waals surface area contributed by atoms with E-state index in [9.17, 15) is 0 Å². The zero-order chi connectivity index (χ0) is 16.6. The van der Waals surface area contributed by atoms with Crippen LogP contribution in [0.5, 0.6) is 0 Å². The highest BCUT2D eigenvalue weighted by Gasteiger charge is 2.25. The van der Waals surface area contributed by atoms with Gasteiger partial charge in [0.25, 0.3) is 0 Å². The van der Waals surface area contributed by atoms with Crippen molar-refractivity contribution >= 4 is 34.6 Å². The van der Waals surface area contributed by atoms with E-state index >= 15 is 0 Å². The first-order valence-electron chi connectivity index (χ1n) is 8.44. The van der Waals surface area contributed by atoms with E-state index in [-0.39, 0.29) is 6.98 Å². The Morgan fingerprint density at radius 3 is 2.04 bits per heavy atom. The molecule has 0 saturated carbocycles. The molecule has 0 unspecified atom stereocenters. The second-order valence-corrected chi connectivity index (χ2v) is 6.29. The molecule has 2 N–H and O–H groups in total. The van der Waals surface area contributed by atoms with E-state index in [1.165, 1.54) is 33.2 Å². The van der Waals surface area contributed by atoms with Crippen molar-refractivity contribution in [3.8, 4) is 11.1 Å². The topological polar surface area (TPSA) is 37.0 Å². The number of nitrogens with one attached hydrogen (secondary N) is 2. The Bertz CT molecular complexity index is 1000. The summed E-state index contributed by atoms with van der Waals surface area (Å²) in [6.45, 7) is 0.0587. The predicted molar refractivity (Wildman–Crippen MR) is 106 cm³/mol. The molecular weight excluding hydrogens is 305 g/mol. The fourth-order valence-corrected chi connectivity index (χ4v) is 3.50. The van der Waals surface area contributed by atoms with Crippen LogP contribution in [0.1, 0.15) is 0 Å². The first-order chi connectivity index (χ1) is 12.4. The van der Waals surface area contributed by atoms with Gasteiger partial charge in [0.15, 0.2) is 0 Å². The number of aromatic nitrogens is 1. The summed E-state index contributed by atoms with van der Waals surface area (Å²) in [6, 6.07) is 25.5. The number of hydrogen-bond acceptors (Lipinski definition) is 3. The van der Waals surface area contributed by atoms with Crippen LogP contribution in [0, 0.1) is 0 Å². The largest absolute Gasteiger partial charge is 0.406 e. The van der Waals surface area contributed by atoms with Crippen LogP contribution in [0.15, 0.2) is 85.2 Å². The van der Waals surface area contributed by atoms with Gasteiger partial charge in [0.05, 0.1) is 0 Å². The highest BCUT2D eigenvalue weighted by Crippen LogP contribution is 2.33. The molecule has 0 amide bonds. The summed E-state index contributed by atoms with van der Waals surface area (Å²) < 4.78 is 0. The molecule has 4 aromatic rings. The van der Waals surface area contributed by atoms with E-state index in [2.05, 4.69) is 82.2 Å². The molecule has 0 saturated heterocycles. The molecule has 0 bridgehead atoms. The van der Waals surface area contributed by atoms with Gasteiger partial charge in [-0.2, -0.15) is 0 Å². The Kier molecular flexibility index (Phi) is 3.20. The molecule has 2 heterocycles.